The Labute approximate surface area is 104 Å². The predicted molar refractivity (Wildman–Crippen MR) is 55.5 cm³/mol. The Morgan fingerprint density at radius 3 is 1.61 bits per heavy atom. The lowest BCUT2D eigenvalue weighted by molar-refractivity contribution is -0.468. The quantitative estimate of drug-likeness (QED) is 0.518. The van der Waals surface area contributed by atoms with E-state index in [2.05, 4.69) is 5.73 Å². The Kier molecular flexibility index (Phi) is 6.66. The van der Waals surface area contributed by atoms with Crippen molar-refractivity contribution >= 4 is 17.9 Å². The highest BCUT2D eigenvalue weighted by molar-refractivity contribution is 5.87. The number of rotatable bonds is 3. The van der Waals surface area contributed by atoms with E-state index in [9.17, 15) is 24.6 Å². The molecule has 18 heavy (non-hydrogen) atoms. The van der Waals surface area contributed by atoms with Crippen LogP contribution in [0.4, 0.5) is 0 Å². The monoisotopic (exact) mass is 258 g/mol. The minimum atomic E-state index is -1.55. The standard InChI is InChI=1S/C7H13NO2.C4H4O4/c8-7(6(9)10)4-2-1-3-5-7;5-3(6)1-2-4(7)8/h1-5,8H2,(H,9,10);1-2H,(H,5,6)(H,7,8)/p-1/b;2-1+. The largest absolute Gasteiger partial charge is 0.545 e. The third-order valence-electron chi connectivity index (χ3n) is 2.62. The minimum Gasteiger partial charge on any atom is -0.545 e. The maximum absolute atomic E-state index is 10.6. The van der Waals surface area contributed by atoms with Crippen molar-refractivity contribution in [3.8, 4) is 0 Å². The van der Waals surface area contributed by atoms with E-state index >= 15 is 0 Å². The summed E-state index contributed by atoms with van der Waals surface area (Å²) in [6.45, 7) is 0. The Hall–Kier alpha value is -1.89. The van der Waals surface area contributed by atoms with Gasteiger partial charge in [0, 0.05) is 12.8 Å². The van der Waals surface area contributed by atoms with Gasteiger partial charge in [-0.05, 0) is 25.0 Å². The van der Waals surface area contributed by atoms with E-state index in [0.29, 0.717) is 12.2 Å². The smallest absolute Gasteiger partial charge is 0.365 e. The maximum Gasteiger partial charge on any atom is 0.365 e. The van der Waals surface area contributed by atoms with Crippen LogP contribution in [0, 0.1) is 0 Å². The lowest BCUT2D eigenvalue weighted by atomic mass is 9.83. The molecule has 1 rings (SSSR count). The maximum atomic E-state index is 10.6. The summed E-state index contributed by atoms with van der Waals surface area (Å²) in [5.41, 5.74) is 3.07. The van der Waals surface area contributed by atoms with Crippen molar-refractivity contribution in [2.45, 2.75) is 37.6 Å². The molecule has 7 heteroatoms. The summed E-state index contributed by atoms with van der Waals surface area (Å²) in [6.07, 6.45) is 5.49. The number of carbonyl (C=O) groups excluding carboxylic acids is 2. The molecule has 0 aromatic carbocycles. The Morgan fingerprint density at radius 1 is 1.00 bits per heavy atom. The highest BCUT2D eigenvalue weighted by atomic mass is 16.4. The number of carboxylic acids is 3. The SMILES string of the molecule is O=C([O-])/C=C/C(=O)[O-].[NH3+]C1(C(=O)O)CCCCC1. The molecule has 102 valence electrons. The lowest BCUT2D eigenvalue weighted by Crippen LogP contribution is -2.77. The van der Waals surface area contributed by atoms with Crippen LogP contribution in [0.25, 0.3) is 0 Å². The van der Waals surface area contributed by atoms with Crippen molar-refractivity contribution < 1.29 is 35.4 Å². The second-order valence-corrected chi connectivity index (χ2v) is 4.12. The normalized spacial score (nSPS) is 17.6. The van der Waals surface area contributed by atoms with Gasteiger partial charge in [-0.15, -0.1) is 0 Å². The van der Waals surface area contributed by atoms with Gasteiger partial charge in [-0.3, -0.25) is 0 Å². The molecule has 1 aliphatic rings. The molecule has 0 radical (unpaired) electrons. The molecule has 1 aliphatic carbocycles. The summed E-state index contributed by atoms with van der Waals surface area (Å²) in [5, 5.41) is 27.6. The topological polar surface area (TPSA) is 145 Å². The molecule has 0 heterocycles. The zero-order valence-electron chi connectivity index (χ0n) is 9.89. The first-order valence-electron chi connectivity index (χ1n) is 5.47. The van der Waals surface area contributed by atoms with Gasteiger partial charge in [0.05, 0.1) is 11.9 Å². The predicted octanol–water partition coefficient (Wildman–Crippen LogP) is -2.94. The first kappa shape index (κ1) is 16.1. The Balaban J connectivity index is 0.000000331. The average Bonchev–Trinajstić information content (AvgIpc) is 2.28. The van der Waals surface area contributed by atoms with E-state index in [0.717, 1.165) is 25.7 Å². The summed E-state index contributed by atoms with van der Waals surface area (Å²) in [7, 11) is 0. The van der Waals surface area contributed by atoms with Gasteiger partial charge < -0.3 is 30.6 Å². The number of quaternary nitrogens is 1. The molecule has 0 spiro atoms. The van der Waals surface area contributed by atoms with Crippen LogP contribution in [-0.4, -0.2) is 28.6 Å². The van der Waals surface area contributed by atoms with Gasteiger partial charge in [0.1, 0.15) is 0 Å². The molecule has 7 nitrogen and oxygen atoms in total. The van der Waals surface area contributed by atoms with Gasteiger partial charge in [-0.25, -0.2) is 4.79 Å². The fourth-order valence-electron chi connectivity index (χ4n) is 1.58. The summed E-state index contributed by atoms with van der Waals surface area (Å²) < 4.78 is 0. The number of hydrogen-bond acceptors (Lipinski definition) is 5. The minimum absolute atomic E-state index is 0.384. The van der Waals surface area contributed by atoms with Crippen molar-refractivity contribution in [2.24, 2.45) is 0 Å². The van der Waals surface area contributed by atoms with Gasteiger partial charge in [-0.2, -0.15) is 0 Å². The van der Waals surface area contributed by atoms with Crippen LogP contribution in [0.3, 0.4) is 0 Å². The van der Waals surface area contributed by atoms with Crippen molar-refractivity contribution in [3.05, 3.63) is 12.2 Å². The first-order valence-corrected chi connectivity index (χ1v) is 5.47. The summed E-state index contributed by atoms with van der Waals surface area (Å²) >= 11 is 0. The van der Waals surface area contributed by atoms with Crippen LogP contribution in [0.15, 0.2) is 12.2 Å². The van der Waals surface area contributed by atoms with E-state index in [1.807, 2.05) is 0 Å². The van der Waals surface area contributed by atoms with Gasteiger partial charge in [0.2, 0.25) is 0 Å². The molecule has 0 aromatic heterocycles. The molecule has 0 unspecified atom stereocenters. The summed E-state index contributed by atoms with van der Waals surface area (Å²) in [4.78, 5) is 29.4. The van der Waals surface area contributed by atoms with Crippen LogP contribution in [0.5, 0.6) is 0 Å². The summed E-state index contributed by atoms with van der Waals surface area (Å²) in [6, 6.07) is 0. The third-order valence-corrected chi connectivity index (χ3v) is 2.62. The van der Waals surface area contributed by atoms with Crippen molar-refractivity contribution in [1.82, 2.24) is 0 Å². The van der Waals surface area contributed by atoms with Crippen LogP contribution >= 0.6 is 0 Å². The Morgan fingerprint density at radius 2 is 1.39 bits per heavy atom. The molecular weight excluding hydrogens is 242 g/mol. The zero-order chi connectivity index (χ0) is 14.2. The van der Waals surface area contributed by atoms with Gasteiger partial charge >= 0.3 is 5.97 Å². The van der Waals surface area contributed by atoms with Crippen LogP contribution < -0.4 is 15.9 Å². The average molecular weight is 258 g/mol. The number of carboxylic acid groups (broad SMARTS) is 3. The molecular formula is C11H16NO6-. The van der Waals surface area contributed by atoms with Gasteiger partial charge in [0.15, 0.2) is 5.54 Å². The van der Waals surface area contributed by atoms with Crippen LogP contribution in [0.2, 0.25) is 0 Å². The fourth-order valence-corrected chi connectivity index (χ4v) is 1.58. The van der Waals surface area contributed by atoms with E-state index in [1.54, 1.807) is 0 Å². The second-order valence-electron chi connectivity index (χ2n) is 4.12. The van der Waals surface area contributed by atoms with Crippen molar-refractivity contribution in [3.63, 3.8) is 0 Å². The second kappa shape index (κ2) is 7.44. The van der Waals surface area contributed by atoms with Gasteiger partial charge in [-0.1, -0.05) is 6.42 Å². The lowest BCUT2D eigenvalue weighted by Gasteiger charge is -2.24. The highest BCUT2D eigenvalue weighted by Gasteiger charge is 2.39. The van der Waals surface area contributed by atoms with Crippen LogP contribution in [0.1, 0.15) is 32.1 Å². The molecule has 0 saturated heterocycles. The number of carbonyl (C=O) groups is 3. The molecule has 1 fully saturated rings. The highest BCUT2D eigenvalue weighted by Crippen LogP contribution is 2.23. The molecule has 4 N–H and O–H groups in total. The van der Waals surface area contributed by atoms with Crippen molar-refractivity contribution in [2.75, 3.05) is 0 Å². The van der Waals surface area contributed by atoms with Gasteiger partial charge in [0.25, 0.3) is 0 Å². The van der Waals surface area contributed by atoms with E-state index in [-0.39, 0.29) is 0 Å². The fraction of sp³-hybridized carbons (Fsp3) is 0.545. The van der Waals surface area contributed by atoms with E-state index in [4.69, 9.17) is 5.11 Å². The van der Waals surface area contributed by atoms with Crippen LogP contribution in [-0.2, 0) is 14.4 Å². The molecule has 0 bridgehead atoms. The Bertz CT molecular complexity index is 327. The molecule has 0 atom stereocenters. The summed E-state index contributed by atoms with van der Waals surface area (Å²) in [5.74, 6) is -3.82. The van der Waals surface area contributed by atoms with E-state index < -0.39 is 23.4 Å². The first-order chi connectivity index (χ1) is 8.28. The molecule has 0 aliphatic heterocycles. The molecule has 1 saturated carbocycles. The van der Waals surface area contributed by atoms with E-state index in [1.165, 1.54) is 6.42 Å². The van der Waals surface area contributed by atoms with Crippen molar-refractivity contribution in [1.29, 1.82) is 0 Å². The zero-order valence-corrected chi connectivity index (χ0v) is 9.89. The molecule has 0 amide bonds. The number of aliphatic carboxylic acids is 3. The third kappa shape index (κ3) is 6.64. The number of hydrogen-bond donors (Lipinski definition) is 2. The molecule has 0 aromatic rings.